The molecule has 90 valence electrons. The third kappa shape index (κ3) is 3.54. The van der Waals surface area contributed by atoms with Crippen molar-refractivity contribution in [1.82, 2.24) is 5.32 Å². The first kappa shape index (κ1) is 13.1. The fraction of sp³-hybridized carbons (Fsp3) is 0.500. The van der Waals surface area contributed by atoms with Crippen molar-refractivity contribution in [1.29, 1.82) is 0 Å². The van der Waals surface area contributed by atoms with Gasteiger partial charge in [0.15, 0.2) is 11.6 Å². The highest BCUT2D eigenvalue weighted by Gasteiger charge is 2.10. The lowest BCUT2D eigenvalue weighted by Crippen LogP contribution is -2.28. The number of nitrogens with one attached hydrogen (secondary N) is 1. The number of rotatable bonds is 5. The van der Waals surface area contributed by atoms with Gasteiger partial charge in [-0.1, -0.05) is 13.0 Å². The fourth-order valence-corrected chi connectivity index (χ4v) is 1.36. The van der Waals surface area contributed by atoms with E-state index in [0.29, 0.717) is 18.5 Å². The molecule has 0 saturated carbocycles. The van der Waals surface area contributed by atoms with Crippen molar-refractivity contribution in [3.05, 3.63) is 35.4 Å². The molecule has 0 radical (unpaired) electrons. The van der Waals surface area contributed by atoms with E-state index in [2.05, 4.69) is 5.32 Å². The van der Waals surface area contributed by atoms with Gasteiger partial charge in [-0.15, -0.1) is 0 Å². The Morgan fingerprint density at radius 2 is 2.00 bits per heavy atom. The molecule has 2 unspecified atom stereocenters. The van der Waals surface area contributed by atoms with Crippen molar-refractivity contribution < 1.29 is 13.9 Å². The van der Waals surface area contributed by atoms with Crippen molar-refractivity contribution >= 4 is 0 Å². The second kappa shape index (κ2) is 5.92. The first-order chi connectivity index (χ1) is 7.54. The first-order valence-corrected chi connectivity index (χ1v) is 5.41. The Kier molecular flexibility index (Phi) is 4.83. The molecule has 1 rings (SSSR count). The third-order valence-corrected chi connectivity index (χ3v) is 2.57. The maximum atomic E-state index is 13.0. The highest BCUT2D eigenvalue weighted by molar-refractivity contribution is 5.20. The van der Waals surface area contributed by atoms with Gasteiger partial charge in [-0.2, -0.15) is 0 Å². The summed E-state index contributed by atoms with van der Waals surface area (Å²) < 4.78 is 25.6. The monoisotopic (exact) mass is 229 g/mol. The van der Waals surface area contributed by atoms with Gasteiger partial charge in [-0.05, 0) is 31.0 Å². The van der Waals surface area contributed by atoms with Crippen LogP contribution in [0.1, 0.15) is 31.9 Å². The average molecular weight is 229 g/mol. The Labute approximate surface area is 94.3 Å². The van der Waals surface area contributed by atoms with Crippen LogP contribution in [0.5, 0.6) is 0 Å². The molecule has 0 aliphatic carbocycles. The number of aliphatic hydroxyl groups excluding tert-OH is 1. The molecule has 16 heavy (non-hydrogen) atoms. The Morgan fingerprint density at radius 3 is 2.56 bits per heavy atom. The van der Waals surface area contributed by atoms with Crippen LogP contribution < -0.4 is 5.32 Å². The van der Waals surface area contributed by atoms with Crippen molar-refractivity contribution in [3.63, 3.8) is 0 Å². The summed E-state index contributed by atoms with van der Waals surface area (Å²) in [6, 6.07) is 3.70. The molecular formula is C12H17F2NO. The summed E-state index contributed by atoms with van der Waals surface area (Å²) in [5, 5.41) is 12.4. The molecule has 2 nitrogen and oxygen atoms in total. The molecule has 0 aliphatic heterocycles. The quantitative estimate of drug-likeness (QED) is 0.812. The topological polar surface area (TPSA) is 32.3 Å². The normalized spacial score (nSPS) is 14.8. The molecule has 0 amide bonds. The lowest BCUT2D eigenvalue weighted by atomic mass is 10.1. The van der Waals surface area contributed by atoms with Crippen LogP contribution in [0.15, 0.2) is 18.2 Å². The maximum absolute atomic E-state index is 13.0. The lowest BCUT2D eigenvalue weighted by Gasteiger charge is -2.16. The number of aliphatic hydroxyl groups is 1. The van der Waals surface area contributed by atoms with Gasteiger partial charge in [0.1, 0.15) is 0 Å². The van der Waals surface area contributed by atoms with E-state index in [-0.39, 0.29) is 6.04 Å². The van der Waals surface area contributed by atoms with Gasteiger partial charge in [0.2, 0.25) is 0 Å². The van der Waals surface area contributed by atoms with Crippen LogP contribution in [-0.4, -0.2) is 17.8 Å². The molecular weight excluding hydrogens is 212 g/mol. The highest BCUT2D eigenvalue weighted by atomic mass is 19.2. The van der Waals surface area contributed by atoms with E-state index in [4.69, 9.17) is 0 Å². The Morgan fingerprint density at radius 1 is 1.31 bits per heavy atom. The summed E-state index contributed by atoms with van der Waals surface area (Å²) in [4.78, 5) is 0. The van der Waals surface area contributed by atoms with Crippen LogP contribution in [0.3, 0.4) is 0 Å². The van der Waals surface area contributed by atoms with Gasteiger partial charge in [0.05, 0.1) is 6.10 Å². The highest BCUT2D eigenvalue weighted by Crippen LogP contribution is 2.15. The Bertz CT molecular complexity index is 344. The van der Waals surface area contributed by atoms with Gasteiger partial charge in [0, 0.05) is 12.6 Å². The SMILES string of the molecule is CCC(O)CNC(C)c1ccc(F)c(F)c1. The van der Waals surface area contributed by atoms with Gasteiger partial charge >= 0.3 is 0 Å². The van der Waals surface area contributed by atoms with E-state index in [0.717, 1.165) is 6.07 Å². The van der Waals surface area contributed by atoms with Gasteiger partial charge in [-0.3, -0.25) is 0 Å². The van der Waals surface area contributed by atoms with Crippen molar-refractivity contribution in [2.24, 2.45) is 0 Å². The zero-order chi connectivity index (χ0) is 12.1. The van der Waals surface area contributed by atoms with E-state index in [1.54, 1.807) is 0 Å². The molecule has 1 aromatic rings. The van der Waals surface area contributed by atoms with Crippen molar-refractivity contribution in [2.75, 3.05) is 6.54 Å². The molecule has 1 aromatic carbocycles. The maximum Gasteiger partial charge on any atom is 0.159 e. The lowest BCUT2D eigenvalue weighted by molar-refractivity contribution is 0.163. The third-order valence-electron chi connectivity index (χ3n) is 2.57. The summed E-state index contributed by atoms with van der Waals surface area (Å²) >= 11 is 0. The van der Waals surface area contributed by atoms with Crippen LogP contribution in [0.25, 0.3) is 0 Å². The van der Waals surface area contributed by atoms with Crippen LogP contribution in [-0.2, 0) is 0 Å². The summed E-state index contributed by atoms with van der Waals surface area (Å²) in [5.74, 6) is -1.69. The molecule has 0 saturated heterocycles. The standard InChI is InChI=1S/C12H17F2NO/c1-3-10(16)7-15-8(2)9-4-5-11(13)12(14)6-9/h4-6,8,10,15-16H,3,7H2,1-2H3. The van der Waals surface area contributed by atoms with Gasteiger partial charge < -0.3 is 10.4 Å². The smallest absolute Gasteiger partial charge is 0.159 e. The van der Waals surface area contributed by atoms with E-state index < -0.39 is 17.7 Å². The predicted octanol–water partition coefficient (Wildman–Crippen LogP) is 2.39. The molecule has 2 atom stereocenters. The molecule has 0 bridgehead atoms. The second-order valence-electron chi connectivity index (χ2n) is 3.87. The minimum Gasteiger partial charge on any atom is -0.392 e. The molecule has 4 heteroatoms. The largest absolute Gasteiger partial charge is 0.392 e. The van der Waals surface area contributed by atoms with Gasteiger partial charge in [-0.25, -0.2) is 8.78 Å². The minimum atomic E-state index is -0.845. The molecule has 0 aromatic heterocycles. The van der Waals surface area contributed by atoms with E-state index >= 15 is 0 Å². The predicted molar refractivity (Wildman–Crippen MR) is 59.1 cm³/mol. The van der Waals surface area contributed by atoms with Gasteiger partial charge in [0.25, 0.3) is 0 Å². The zero-order valence-corrected chi connectivity index (χ0v) is 9.50. The summed E-state index contributed by atoms with van der Waals surface area (Å²) in [5.41, 5.74) is 0.669. The van der Waals surface area contributed by atoms with E-state index in [1.165, 1.54) is 12.1 Å². The first-order valence-electron chi connectivity index (χ1n) is 5.41. The Balaban J connectivity index is 2.59. The zero-order valence-electron chi connectivity index (χ0n) is 9.50. The number of halogens is 2. The number of hydrogen-bond acceptors (Lipinski definition) is 2. The molecule has 0 heterocycles. The van der Waals surface area contributed by atoms with Crippen LogP contribution >= 0.6 is 0 Å². The second-order valence-corrected chi connectivity index (χ2v) is 3.87. The average Bonchev–Trinajstić information content (AvgIpc) is 2.29. The van der Waals surface area contributed by atoms with E-state index in [1.807, 2.05) is 13.8 Å². The van der Waals surface area contributed by atoms with Crippen molar-refractivity contribution in [2.45, 2.75) is 32.4 Å². The summed E-state index contributed by atoms with van der Waals surface area (Å²) in [6.07, 6.45) is 0.255. The van der Waals surface area contributed by atoms with Crippen LogP contribution in [0, 0.1) is 11.6 Å². The fourth-order valence-electron chi connectivity index (χ4n) is 1.36. The van der Waals surface area contributed by atoms with E-state index in [9.17, 15) is 13.9 Å². The molecule has 0 aliphatic rings. The Hall–Kier alpha value is -1.00. The van der Waals surface area contributed by atoms with Crippen LogP contribution in [0.2, 0.25) is 0 Å². The molecule has 0 fully saturated rings. The summed E-state index contributed by atoms with van der Waals surface area (Å²) in [7, 11) is 0. The molecule has 2 N–H and O–H groups in total. The summed E-state index contributed by atoms with van der Waals surface area (Å²) in [6.45, 7) is 4.17. The van der Waals surface area contributed by atoms with Crippen LogP contribution in [0.4, 0.5) is 8.78 Å². The van der Waals surface area contributed by atoms with Crippen molar-refractivity contribution in [3.8, 4) is 0 Å². The number of hydrogen-bond donors (Lipinski definition) is 2. The minimum absolute atomic E-state index is 0.115. The number of benzene rings is 1. The molecule has 0 spiro atoms.